The van der Waals surface area contributed by atoms with Crippen LogP contribution < -0.4 is 10.6 Å². The van der Waals surface area contributed by atoms with E-state index in [1.165, 1.54) is 14.0 Å². The molecule has 0 saturated carbocycles. The molecule has 15 heteroatoms. The lowest BCUT2D eigenvalue weighted by atomic mass is 9.75. The third-order valence-corrected chi connectivity index (χ3v) is 13.0. The van der Waals surface area contributed by atoms with Gasteiger partial charge in [-0.05, 0) is 107 Å². The molecule has 56 heavy (non-hydrogen) atoms. The lowest BCUT2D eigenvalue weighted by Crippen LogP contribution is -2.70. The van der Waals surface area contributed by atoms with Crippen molar-refractivity contribution in [2.75, 3.05) is 40.8 Å². The van der Waals surface area contributed by atoms with E-state index in [2.05, 4.69) is 10.6 Å². The standard InChI is InChI=1S/C41H79N3O12/c1-15-17-42-22-41(50)28(8)53-31(20-39(41,10)51-14)54-33-25(5)34(56-37-32(46)29(44(12)13)18-24(4)52-37)38(9,48)19-23(3)21-43-27(7)35(55-36(47)26(33)6)40(11,49)30(45)16-2/h23-35,37,42-43,45-46,48-50H,15-22H2,1-14H3/t23-,24-,25+,26-,27-,28+,29+,30+,31+,32-,33+,34-,35?,37?,38?,39-,40-,41+/m1/s1. The van der Waals surface area contributed by atoms with E-state index in [-0.39, 0.29) is 43.9 Å². The number of nitrogens with one attached hydrogen (secondary N) is 2. The SMILES string of the molecule is CCCNC[C@]1(O)[C@H](C)O[C@@H](O[C@H]2[C@H](C)[C@@H](OC3O[C@H](C)C[C@H](N(C)C)[C@H]3O)C(C)(O)C[C@@H](C)CN[C@H](C)C([C@](C)(O)[C@@H](O)CC)OC(=O)[C@@H]2C)C[C@@]1(C)OC. The Hall–Kier alpha value is -1.05. The van der Waals surface area contributed by atoms with Gasteiger partial charge in [0.2, 0.25) is 0 Å². The van der Waals surface area contributed by atoms with Gasteiger partial charge in [0.05, 0.1) is 42.0 Å². The van der Waals surface area contributed by atoms with Gasteiger partial charge in [0.25, 0.3) is 0 Å². The summed E-state index contributed by atoms with van der Waals surface area (Å²) >= 11 is 0. The second kappa shape index (κ2) is 20.0. The molecule has 330 valence electrons. The first-order valence-electron chi connectivity index (χ1n) is 20.9. The molecule has 0 aromatic rings. The highest BCUT2D eigenvalue weighted by Crippen LogP contribution is 2.43. The van der Waals surface area contributed by atoms with Gasteiger partial charge in [0.15, 0.2) is 12.6 Å². The van der Waals surface area contributed by atoms with Crippen LogP contribution in [0.2, 0.25) is 0 Å². The number of carbonyl (C=O) groups is 1. The van der Waals surface area contributed by atoms with Gasteiger partial charge >= 0.3 is 5.97 Å². The molecule has 0 spiro atoms. The second-order valence-electron chi connectivity index (χ2n) is 18.2. The topological polar surface area (TPSA) is 201 Å². The lowest BCUT2D eigenvalue weighted by molar-refractivity contribution is -0.336. The van der Waals surface area contributed by atoms with E-state index >= 15 is 0 Å². The zero-order chi connectivity index (χ0) is 42.6. The van der Waals surface area contributed by atoms with Crippen LogP contribution in [-0.2, 0) is 33.2 Å². The molecule has 3 fully saturated rings. The Labute approximate surface area is 336 Å². The van der Waals surface area contributed by atoms with Gasteiger partial charge in [-0.2, -0.15) is 0 Å². The molecule has 15 nitrogen and oxygen atoms in total. The summed E-state index contributed by atoms with van der Waals surface area (Å²) in [5.41, 5.74) is -5.93. The van der Waals surface area contributed by atoms with Crippen molar-refractivity contribution in [3.05, 3.63) is 0 Å². The average Bonchev–Trinajstić information content (AvgIpc) is 3.12. The number of methoxy groups -OCH3 is 1. The molecule has 0 amide bonds. The Bertz CT molecular complexity index is 1230. The van der Waals surface area contributed by atoms with Crippen LogP contribution in [0.5, 0.6) is 0 Å². The van der Waals surface area contributed by atoms with Crippen LogP contribution in [0.1, 0.15) is 108 Å². The second-order valence-corrected chi connectivity index (χ2v) is 18.2. The molecule has 0 aliphatic carbocycles. The van der Waals surface area contributed by atoms with Crippen LogP contribution >= 0.6 is 0 Å². The fraction of sp³-hybridized carbons (Fsp3) is 0.976. The number of rotatable bonds is 13. The van der Waals surface area contributed by atoms with Crippen LogP contribution in [0.4, 0.5) is 0 Å². The summed E-state index contributed by atoms with van der Waals surface area (Å²) in [6, 6.07) is -0.875. The molecule has 3 saturated heterocycles. The predicted octanol–water partition coefficient (Wildman–Crippen LogP) is 1.93. The summed E-state index contributed by atoms with van der Waals surface area (Å²) in [5.74, 6) is -2.67. The van der Waals surface area contributed by atoms with Gasteiger partial charge in [-0.1, -0.05) is 27.7 Å². The average molecular weight is 806 g/mol. The zero-order valence-corrected chi connectivity index (χ0v) is 36.8. The monoisotopic (exact) mass is 806 g/mol. The van der Waals surface area contributed by atoms with Gasteiger partial charge in [-0.25, -0.2) is 0 Å². The number of carbonyl (C=O) groups excluding carboxylic acids is 1. The minimum absolute atomic E-state index is 0.0928. The summed E-state index contributed by atoms with van der Waals surface area (Å²) in [6.45, 7) is 20.9. The number of aliphatic hydroxyl groups excluding tert-OH is 2. The number of likely N-dealkylation sites (N-methyl/N-ethyl adjacent to an activating group) is 1. The van der Waals surface area contributed by atoms with E-state index in [1.807, 2.05) is 53.6 Å². The van der Waals surface area contributed by atoms with Crippen LogP contribution in [0, 0.1) is 17.8 Å². The van der Waals surface area contributed by atoms with Crippen molar-refractivity contribution in [3.63, 3.8) is 0 Å². The van der Waals surface area contributed by atoms with Crippen LogP contribution in [0.3, 0.4) is 0 Å². The van der Waals surface area contributed by atoms with Crippen molar-refractivity contribution in [1.82, 2.24) is 15.5 Å². The normalized spacial score (nSPS) is 45.2. The molecule has 3 rings (SSSR count). The Balaban J connectivity index is 2.16. The number of hydrogen-bond acceptors (Lipinski definition) is 15. The summed E-state index contributed by atoms with van der Waals surface area (Å²) in [6.07, 6.45) is -6.62. The number of cyclic esters (lactones) is 1. The maximum Gasteiger partial charge on any atom is 0.311 e. The molecule has 18 atom stereocenters. The zero-order valence-electron chi connectivity index (χ0n) is 36.8. The molecule has 0 radical (unpaired) electrons. The maximum atomic E-state index is 14.5. The van der Waals surface area contributed by atoms with E-state index in [9.17, 15) is 30.3 Å². The van der Waals surface area contributed by atoms with Crippen molar-refractivity contribution in [2.24, 2.45) is 17.8 Å². The van der Waals surface area contributed by atoms with E-state index in [1.54, 1.807) is 34.6 Å². The molecule has 0 bridgehead atoms. The lowest BCUT2D eigenvalue weighted by Gasteiger charge is -2.53. The number of ether oxygens (including phenoxy) is 6. The minimum Gasteiger partial charge on any atom is -0.457 e. The van der Waals surface area contributed by atoms with Crippen molar-refractivity contribution in [2.45, 2.75) is 198 Å². The summed E-state index contributed by atoms with van der Waals surface area (Å²) in [7, 11) is 5.31. The Morgan fingerprint density at radius 2 is 1.70 bits per heavy atom. The molecule has 3 aliphatic rings. The molecule has 0 aromatic heterocycles. The first kappa shape index (κ1) is 49.3. The van der Waals surface area contributed by atoms with E-state index in [0.717, 1.165) is 6.42 Å². The maximum absolute atomic E-state index is 14.5. The number of nitrogens with zero attached hydrogens (tertiary/aromatic N) is 1. The van der Waals surface area contributed by atoms with Crippen LogP contribution in [-0.4, -0.2) is 167 Å². The molecular formula is C41H79N3O12. The van der Waals surface area contributed by atoms with Gasteiger partial charge < -0.3 is 69.5 Å². The first-order valence-corrected chi connectivity index (χ1v) is 20.9. The Morgan fingerprint density at radius 1 is 1.05 bits per heavy atom. The fourth-order valence-electron chi connectivity index (χ4n) is 9.21. The van der Waals surface area contributed by atoms with Crippen molar-refractivity contribution < 1.29 is 58.7 Å². The molecule has 3 heterocycles. The first-order chi connectivity index (χ1) is 25.9. The van der Waals surface area contributed by atoms with Crippen LogP contribution in [0.25, 0.3) is 0 Å². The molecule has 3 aliphatic heterocycles. The van der Waals surface area contributed by atoms with E-state index < -0.39 is 95.5 Å². The number of hydrogen-bond donors (Lipinski definition) is 7. The highest BCUT2D eigenvalue weighted by atomic mass is 16.7. The summed E-state index contributed by atoms with van der Waals surface area (Å²) < 4.78 is 38.4. The predicted molar refractivity (Wildman–Crippen MR) is 212 cm³/mol. The number of aliphatic hydroxyl groups is 5. The van der Waals surface area contributed by atoms with Gasteiger partial charge in [-0.15, -0.1) is 0 Å². The van der Waals surface area contributed by atoms with Gasteiger partial charge in [0.1, 0.15) is 29.0 Å². The molecule has 0 aromatic carbocycles. The van der Waals surface area contributed by atoms with E-state index in [0.29, 0.717) is 19.5 Å². The largest absolute Gasteiger partial charge is 0.457 e. The highest BCUT2D eigenvalue weighted by Gasteiger charge is 2.58. The third kappa shape index (κ3) is 11.0. The van der Waals surface area contributed by atoms with Crippen LogP contribution in [0.15, 0.2) is 0 Å². The molecule has 3 unspecified atom stereocenters. The highest BCUT2D eigenvalue weighted by molar-refractivity contribution is 5.73. The van der Waals surface area contributed by atoms with Crippen molar-refractivity contribution >= 4 is 5.97 Å². The molecule has 7 N–H and O–H groups in total. The molecular weight excluding hydrogens is 726 g/mol. The minimum atomic E-state index is -1.81. The van der Waals surface area contributed by atoms with Gasteiger partial charge in [-0.3, -0.25) is 4.79 Å². The third-order valence-electron chi connectivity index (χ3n) is 13.0. The quantitative estimate of drug-likeness (QED) is 0.105. The Morgan fingerprint density at radius 3 is 2.27 bits per heavy atom. The summed E-state index contributed by atoms with van der Waals surface area (Å²) in [4.78, 5) is 16.4. The van der Waals surface area contributed by atoms with Crippen molar-refractivity contribution in [3.8, 4) is 0 Å². The smallest absolute Gasteiger partial charge is 0.311 e. The number of esters is 1. The summed E-state index contributed by atoms with van der Waals surface area (Å²) in [5, 5.41) is 65.4. The van der Waals surface area contributed by atoms with Crippen molar-refractivity contribution in [1.29, 1.82) is 0 Å². The van der Waals surface area contributed by atoms with Gasteiger partial charge in [0, 0.05) is 38.1 Å². The van der Waals surface area contributed by atoms with E-state index in [4.69, 9.17) is 28.4 Å². The Kier molecular flexibility index (Phi) is 17.6. The fourth-order valence-corrected chi connectivity index (χ4v) is 9.21.